The molecule has 0 aromatic carbocycles. The van der Waals surface area contributed by atoms with Gasteiger partial charge in [-0.2, -0.15) is 8.78 Å². The highest BCUT2D eigenvalue weighted by atomic mass is 19.1. The summed E-state index contributed by atoms with van der Waals surface area (Å²) in [5.74, 6) is -0.969. The number of hydrogen-bond donors (Lipinski definition) is 2. The number of rotatable bonds is 0. The van der Waals surface area contributed by atoms with Gasteiger partial charge in [0.05, 0.1) is 22.8 Å². The predicted molar refractivity (Wildman–Crippen MR) is 66.7 cm³/mol. The van der Waals surface area contributed by atoms with Crippen LogP contribution in [0.2, 0.25) is 0 Å². The van der Waals surface area contributed by atoms with Crippen molar-refractivity contribution < 1.29 is 8.78 Å². The second-order valence-electron chi connectivity index (χ2n) is 3.62. The number of nitrogens with zero attached hydrogens (tertiary/aromatic N) is 2. The first-order valence-electron chi connectivity index (χ1n) is 5.17. The molecule has 0 radical (unpaired) electrons. The predicted octanol–water partition coefficient (Wildman–Crippen LogP) is 2.22. The summed E-state index contributed by atoms with van der Waals surface area (Å²) in [6.45, 7) is 3.33. The summed E-state index contributed by atoms with van der Waals surface area (Å²) >= 11 is 0. The fourth-order valence-electron chi connectivity index (χ4n) is 1.08. The zero-order valence-electron chi connectivity index (χ0n) is 10.1. The number of aromatic nitrogens is 2. The molecule has 18 heavy (non-hydrogen) atoms. The summed E-state index contributed by atoms with van der Waals surface area (Å²) < 4.78 is 24.4. The topological polar surface area (TPSA) is 77.8 Å². The van der Waals surface area contributed by atoms with Crippen molar-refractivity contribution in [2.24, 2.45) is 0 Å². The average molecular weight is 252 g/mol. The number of pyridine rings is 2. The van der Waals surface area contributed by atoms with Gasteiger partial charge in [0.15, 0.2) is 0 Å². The molecular weight excluding hydrogens is 238 g/mol. The Morgan fingerprint density at radius 2 is 1.11 bits per heavy atom. The Morgan fingerprint density at radius 1 is 0.778 bits per heavy atom. The normalized spacial score (nSPS) is 9.56. The molecule has 0 unspecified atom stereocenters. The van der Waals surface area contributed by atoms with Gasteiger partial charge in [-0.25, -0.2) is 9.97 Å². The highest BCUT2D eigenvalue weighted by Gasteiger charge is 1.95. The van der Waals surface area contributed by atoms with Gasteiger partial charge < -0.3 is 11.5 Å². The average Bonchev–Trinajstić information content (AvgIpc) is 2.30. The van der Waals surface area contributed by atoms with Crippen molar-refractivity contribution in [3.8, 4) is 0 Å². The van der Waals surface area contributed by atoms with E-state index in [-0.39, 0.29) is 0 Å². The summed E-state index contributed by atoms with van der Waals surface area (Å²) in [6.07, 6.45) is 0. The van der Waals surface area contributed by atoms with Crippen molar-refractivity contribution in [2.45, 2.75) is 13.8 Å². The van der Waals surface area contributed by atoms with Gasteiger partial charge in [-0.15, -0.1) is 0 Å². The molecular formula is C12H14F2N4. The molecule has 2 rings (SSSR count). The first-order chi connectivity index (χ1) is 8.40. The third-order valence-electron chi connectivity index (χ3n) is 2.19. The second kappa shape index (κ2) is 5.90. The van der Waals surface area contributed by atoms with Gasteiger partial charge in [-0.3, -0.25) is 0 Å². The quantitative estimate of drug-likeness (QED) is 0.705. The Hall–Kier alpha value is -2.24. The van der Waals surface area contributed by atoms with Gasteiger partial charge in [-0.05, 0) is 38.1 Å². The highest BCUT2D eigenvalue weighted by molar-refractivity contribution is 5.41. The van der Waals surface area contributed by atoms with E-state index in [1.807, 2.05) is 0 Å². The Kier molecular flexibility index (Phi) is 4.53. The van der Waals surface area contributed by atoms with Crippen LogP contribution in [0.3, 0.4) is 0 Å². The maximum absolute atomic E-state index is 12.2. The minimum absolute atomic E-state index is 0.485. The van der Waals surface area contributed by atoms with Crippen LogP contribution < -0.4 is 11.5 Å². The van der Waals surface area contributed by atoms with Crippen LogP contribution in [0, 0.1) is 25.7 Å². The molecule has 0 fully saturated rings. The lowest BCUT2D eigenvalue weighted by molar-refractivity contribution is 0.580. The molecule has 2 aromatic heterocycles. The molecule has 0 aliphatic carbocycles. The molecule has 0 aliphatic rings. The molecule has 0 saturated carbocycles. The molecule has 0 spiro atoms. The fraction of sp³-hybridized carbons (Fsp3) is 0.167. The Morgan fingerprint density at radius 3 is 1.33 bits per heavy atom. The van der Waals surface area contributed by atoms with Gasteiger partial charge in [0, 0.05) is 0 Å². The minimum Gasteiger partial charge on any atom is -0.397 e. The number of halogens is 2. The van der Waals surface area contributed by atoms with E-state index in [0.717, 1.165) is 0 Å². The lowest BCUT2D eigenvalue weighted by atomic mass is 10.3. The maximum Gasteiger partial charge on any atom is 0.213 e. The standard InChI is InChI=1S/2C6H7FN2/c2*1-4-5(8)2-3-6(7)9-4/h2*2-3H,8H2,1H3. The SMILES string of the molecule is Cc1nc(F)ccc1N.Cc1nc(F)ccc1N. The van der Waals surface area contributed by atoms with Crippen LogP contribution in [0.25, 0.3) is 0 Å². The summed E-state index contributed by atoms with van der Waals surface area (Å²) in [5, 5.41) is 0. The lowest BCUT2D eigenvalue weighted by Crippen LogP contribution is -1.93. The van der Waals surface area contributed by atoms with Crippen molar-refractivity contribution in [1.82, 2.24) is 9.97 Å². The van der Waals surface area contributed by atoms with Gasteiger partial charge in [0.2, 0.25) is 11.9 Å². The maximum atomic E-state index is 12.2. The number of nitrogen functional groups attached to an aromatic ring is 2. The zero-order chi connectivity index (χ0) is 13.7. The van der Waals surface area contributed by atoms with Crippen LogP contribution in [-0.4, -0.2) is 9.97 Å². The van der Waals surface area contributed by atoms with E-state index >= 15 is 0 Å². The van der Waals surface area contributed by atoms with Gasteiger partial charge in [0.25, 0.3) is 0 Å². The number of nitrogens with two attached hydrogens (primary N) is 2. The smallest absolute Gasteiger partial charge is 0.213 e. The summed E-state index contributed by atoms with van der Waals surface area (Å²) in [6, 6.07) is 5.47. The number of hydrogen-bond acceptors (Lipinski definition) is 4. The summed E-state index contributed by atoms with van der Waals surface area (Å²) in [4.78, 5) is 6.96. The molecule has 0 amide bonds. The highest BCUT2D eigenvalue weighted by Crippen LogP contribution is 2.06. The van der Waals surface area contributed by atoms with Gasteiger partial charge in [-0.1, -0.05) is 0 Å². The molecule has 2 aromatic rings. The Balaban J connectivity index is 0.000000180. The molecule has 4 N–H and O–H groups in total. The largest absolute Gasteiger partial charge is 0.397 e. The molecule has 0 aliphatic heterocycles. The number of aryl methyl sites for hydroxylation is 2. The molecule has 6 heteroatoms. The molecule has 4 nitrogen and oxygen atoms in total. The van der Waals surface area contributed by atoms with E-state index in [2.05, 4.69) is 9.97 Å². The van der Waals surface area contributed by atoms with Crippen LogP contribution in [0.15, 0.2) is 24.3 Å². The van der Waals surface area contributed by atoms with Gasteiger partial charge >= 0.3 is 0 Å². The van der Waals surface area contributed by atoms with Crippen molar-refractivity contribution in [3.05, 3.63) is 47.5 Å². The minimum atomic E-state index is -0.485. The van der Waals surface area contributed by atoms with E-state index in [0.29, 0.717) is 22.8 Å². The van der Waals surface area contributed by atoms with E-state index < -0.39 is 11.9 Å². The first-order valence-corrected chi connectivity index (χ1v) is 5.17. The Labute approximate surface area is 104 Å². The number of anilines is 2. The third-order valence-corrected chi connectivity index (χ3v) is 2.19. The van der Waals surface area contributed by atoms with Crippen molar-refractivity contribution in [3.63, 3.8) is 0 Å². The Bertz CT molecular complexity index is 494. The van der Waals surface area contributed by atoms with E-state index in [1.165, 1.54) is 24.3 Å². The zero-order valence-corrected chi connectivity index (χ0v) is 10.1. The van der Waals surface area contributed by atoms with Crippen molar-refractivity contribution in [1.29, 1.82) is 0 Å². The van der Waals surface area contributed by atoms with Crippen molar-refractivity contribution >= 4 is 11.4 Å². The van der Waals surface area contributed by atoms with E-state index in [9.17, 15) is 8.78 Å². The van der Waals surface area contributed by atoms with Gasteiger partial charge in [0.1, 0.15) is 0 Å². The summed E-state index contributed by atoms with van der Waals surface area (Å²) in [5.41, 5.74) is 12.8. The van der Waals surface area contributed by atoms with E-state index in [4.69, 9.17) is 11.5 Å². The molecule has 0 saturated heterocycles. The van der Waals surface area contributed by atoms with Crippen LogP contribution in [0.4, 0.5) is 20.2 Å². The first kappa shape index (κ1) is 13.8. The molecule has 0 atom stereocenters. The monoisotopic (exact) mass is 252 g/mol. The van der Waals surface area contributed by atoms with Crippen LogP contribution in [0.1, 0.15) is 11.4 Å². The van der Waals surface area contributed by atoms with Crippen molar-refractivity contribution in [2.75, 3.05) is 11.5 Å². The molecule has 96 valence electrons. The lowest BCUT2D eigenvalue weighted by Gasteiger charge is -1.95. The summed E-state index contributed by atoms with van der Waals surface area (Å²) in [7, 11) is 0. The van der Waals surface area contributed by atoms with Crippen LogP contribution >= 0.6 is 0 Å². The second-order valence-corrected chi connectivity index (χ2v) is 3.62. The van der Waals surface area contributed by atoms with Crippen LogP contribution in [0.5, 0.6) is 0 Å². The third kappa shape index (κ3) is 3.97. The molecule has 2 heterocycles. The van der Waals surface area contributed by atoms with Crippen LogP contribution in [-0.2, 0) is 0 Å². The molecule has 0 bridgehead atoms. The fourth-order valence-corrected chi connectivity index (χ4v) is 1.08. The van der Waals surface area contributed by atoms with E-state index in [1.54, 1.807) is 13.8 Å².